The summed E-state index contributed by atoms with van der Waals surface area (Å²) in [6.07, 6.45) is 3.21. The van der Waals surface area contributed by atoms with Gasteiger partial charge >= 0.3 is 0 Å². The molecule has 0 spiro atoms. The van der Waals surface area contributed by atoms with Gasteiger partial charge in [-0.15, -0.1) is 0 Å². The van der Waals surface area contributed by atoms with Crippen LogP contribution in [0.25, 0.3) is 12.2 Å². The van der Waals surface area contributed by atoms with Crippen molar-refractivity contribution in [2.24, 2.45) is 0 Å². The fraction of sp³-hybridized carbons (Fsp3) is 0.0667. The van der Waals surface area contributed by atoms with Crippen molar-refractivity contribution in [1.29, 1.82) is 0 Å². The molecule has 18 heavy (non-hydrogen) atoms. The molecule has 3 heteroatoms. The molecular formula is C15H12F2O. The van der Waals surface area contributed by atoms with E-state index in [0.29, 0.717) is 0 Å². The second-order valence-corrected chi connectivity index (χ2v) is 3.90. The standard InChI is InChI=1S/C15H12F2O/c16-14-7-8-15(17)13(9-14)6-5-11-1-3-12(10-18)4-2-11/h1-9,18H,10H2/b6-5+. The predicted molar refractivity (Wildman–Crippen MR) is 67.7 cm³/mol. The first kappa shape index (κ1) is 12.5. The maximum atomic E-state index is 13.3. The van der Waals surface area contributed by atoms with Crippen LogP contribution in [0.1, 0.15) is 16.7 Å². The van der Waals surface area contributed by atoms with E-state index >= 15 is 0 Å². The Labute approximate surface area is 104 Å². The summed E-state index contributed by atoms with van der Waals surface area (Å²) < 4.78 is 26.3. The number of aliphatic hydroxyl groups is 1. The largest absolute Gasteiger partial charge is 0.392 e. The van der Waals surface area contributed by atoms with E-state index in [9.17, 15) is 8.78 Å². The molecule has 2 aromatic rings. The molecule has 0 aliphatic rings. The molecule has 0 amide bonds. The highest BCUT2D eigenvalue weighted by Gasteiger charge is 1.99. The van der Waals surface area contributed by atoms with Gasteiger partial charge in [-0.25, -0.2) is 8.78 Å². The van der Waals surface area contributed by atoms with Gasteiger partial charge in [-0.2, -0.15) is 0 Å². The Morgan fingerprint density at radius 1 is 0.944 bits per heavy atom. The van der Waals surface area contributed by atoms with Crippen LogP contribution in [0.5, 0.6) is 0 Å². The molecule has 2 aromatic carbocycles. The zero-order valence-corrected chi connectivity index (χ0v) is 9.61. The van der Waals surface area contributed by atoms with E-state index in [-0.39, 0.29) is 12.2 Å². The van der Waals surface area contributed by atoms with Gasteiger partial charge < -0.3 is 5.11 Å². The Morgan fingerprint density at radius 2 is 1.67 bits per heavy atom. The molecule has 0 saturated carbocycles. The molecule has 0 aliphatic carbocycles. The van der Waals surface area contributed by atoms with Gasteiger partial charge in [0.1, 0.15) is 11.6 Å². The van der Waals surface area contributed by atoms with E-state index in [1.54, 1.807) is 30.3 Å². The number of hydrogen-bond acceptors (Lipinski definition) is 1. The fourth-order valence-electron chi connectivity index (χ4n) is 1.56. The predicted octanol–water partition coefficient (Wildman–Crippen LogP) is 3.63. The van der Waals surface area contributed by atoms with Crippen LogP contribution in [-0.4, -0.2) is 5.11 Å². The Morgan fingerprint density at radius 3 is 2.33 bits per heavy atom. The van der Waals surface area contributed by atoms with Gasteiger partial charge in [0.15, 0.2) is 0 Å². The summed E-state index contributed by atoms with van der Waals surface area (Å²) in [6, 6.07) is 10.5. The lowest BCUT2D eigenvalue weighted by Crippen LogP contribution is -1.84. The summed E-state index contributed by atoms with van der Waals surface area (Å²) in [5.41, 5.74) is 1.88. The summed E-state index contributed by atoms with van der Waals surface area (Å²) >= 11 is 0. The van der Waals surface area contributed by atoms with Crippen molar-refractivity contribution in [3.8, 4) is 0 Å². The van der Waals surface area contributed by atoms with Gasteiger partial charge in [-0.05, 0) is 29.3 Å². The van der Waals surface area contributed by atoms with Gasteiger partial charge in [0, 0.05) is 5.56 Å². The van der Waals surface area contributed by atoms with Gasteiger partial charge in [0.25, 0.3) is 0 Å². The molecule has 0 aliphatic heterocycles. The average Bonchev–Trinajstić information content (AvgIpc) is 2.40. The van der Waals surface area contributed by atoms with Crippen LogP contribution < -0.4 is 0 Å². The third-order valence-electron chi connectivity index (χ3n) is 2.58. The minimum absolute atomic E-state index is 0.0114. The van der Waals surface area contributed by atoms with Gasteiger partial charge in [-0.3, -0.25) is 0 Å². The second-order valence-electron chi connectivity index (χ2n) is 3.90. The zero-order chi connectivity index (χ0) is 13.0. The van der Waals surface area contributed by atoms with Crippen LogP contribution >= 0.6 is 0 Å². The van der Waals surface area contributed by atoms with Crippen molar-refractivity contribution >= 4 is 12.2 Å². The number of benzene rings is 2. The highest BCUT2D eigenvalue weighted by Crippen LogP contribution is 2.14. The number of aliphatic hydroxyl groups excluding tert-OH is 1. The number of hydrogen-bond donors (Lipinski definition) is 1. The molecule has 0 fully saturated rings. The van der Waals surface area contributed by atoms with E-state index in [0.717, 1.165) is 29.3 Å². The first-order valence-electron chi connectivity index (χ1n) is 5.52. The van der Waals surface area contributed by atoms with Gasteiger partial charge in [0.05, 0.1) is 6.61 Å². The second kappa shape index (κ2) is 5.56. The SMILES string of the molecule is OCc1ccc(/C=C/c2cc(F)ccc2F)cc1. The van der Waals surface area contributed by atoms with E-state index < -0.39 is 11.6 Å². The molecule has 2 rings (SSSR count). The highest BCUT2D eigenvalue weighted by atomic mass is 19.1. The summed E-state index contributed by atoms with van der Waals surface area (Å²) in [5.74, 6) is -0.925. The quantitative estimate of drug-likeness (QED) is 0.820. The Balaban J connectivity index is 2.21. The van der Waals surface area contributed by atoms with E-state index in [1.807, 2.05) is 0 Å². The van der Waals surface area contributed by atoms with Crippen molar-refractivity contribution in [2.75, 3.05) is 0 Å². The first-order valence-corrected chi connectivity index (χ1v) is 5.52. The highest BCUT2D eigenvalue weighted by molar-refractivity contribution is 5.69. The molecule has 92 valence electrons. The lowest BCUT2D eigenvalue weighted by Gasteiger charge is -1.99. The Hall–Kier alpha value is -2.00. The summed E-state index contributed by atoms with van der Waals surface area (Å²) in [4.78, 5) is 0. The molecule has 0 atom stereocenters. The Kier molecular flexibility index (Phi) is 3.85. The average molecular weight is 246 g/mol. The maximum absolute atomic E-state index is 13.3. The Bertz CT molecular complexity index is 559. The summed E-state index contributed by atoms with van der Waals surface area (Å²) in [7, 11) is 0. The molecule has 0 radical (unpaired) electrons. The van der Waals surface area contributed by atoms with E-state index in [1.165, 1.54) is 6.08 Å². The van der Waals surface area contributed by atoms with Crippen molar-refractivity contribution in [1.82, 2.24) is 0 Å². The topological polar surface area (TPSA) is 20.2 Å². The molecule has 1 N–H and O–H groups in total. The van der Waals surface area contributed by atoms with E-state index in [2.05, 4.69) is 0 Å². The monoisotopic (exact) mass is 246 g/mol. The van der Waals surface area contributed by atoms with E-state index in [4.69, 9.17) is 5.11 Å². The smallest absolute Gasteiger partial charge is 0.130 e. The van der Waals surface area contributed by atoms with Crippen LogP contribution in [-0.2, 0) is 6.61 Å². The van der Waals surface area contributed by atoms with Crippen LogP contribution in [0.15, 0.2) is 42.5 Å². The van der Waals surface area contributed by atoms with Crippen LogP contribution in [0, 0.1) is 11.6 Å². The number of rotatable bonds is 3. The van der Waals surface area contributed by atoms with Crippen molar-refractivity contribution in [3.05, 3.63) is 70.8 Å². The summed E-state index contributed by atoms with van der Waals surface area (Å²) in [6.45, 7) is -0.0114. The lowest BCUT2D eigenvalue weighted by atomic mass is 10.1. The molecule has 1 nitrogen and oxygen atoms in total. The van der Waals surface area contributed by atoms with Crippen LogP contribution in [0.4, 0.5) is 8.78 Å². The normalized spacial score (nSPS) is 11.1. The summed E-state index contributed by atoms with van der Waals surface area (Å²) in [5, 5.41) is 8.89. The third-order valence-corrected chi connectivity index (χ3v) is 2.58. The van der Waals surface area contributed by atoms with Crippen molar-refractivity contribution < 1.29 is 13.9 Å². The third kappa shape index (κ3) is 3.02. The van der Waals surface area contributed by atoms with Crippen molar-refractivity contribution in [3.63, 3.8) is 0 Å². The molecular weight excluding hydrogens is 234 g/mol. The van der Waals surface area contributed by atoms with Crippen LogP contribution in [0.2, 0.25) is 0 Å². The lowest BCUT2D eigenvalue weighted by molar-refractivity contribution is 0.282. The molecule has 0 unspecified atom stereocenters. The van der Waals surface area contributed by atoms with Crippen LogP contribution in [0.3, 0.4) is 0 Å². The molecule has 0 saturated heterocycles. The molecule has 0 heterocycles. The fourth-order valence-corrected chi connectivity index (χ4v) is 1.56. The zero-order valence-electron chi connectivity index (χ0n) is 9.61. The molecule has 0 aromatic heterocycles. The maximum Gasteiger partial charge on any atom is 0.130 e. The molecule has 0 bridgehead atoms. The minimum atomic E-state index is -0.466. The minimum Gasteiger partial charge on any atom is -0.392 e. The first-order chi connectivity index (χ1) is 8.69. The van der Waals surface area contributed by atoms with Gasteiger partial charge in [-0.1, -0.05) is 36.4 Å². The number of halogens is 2. The van der Waals surface area contributed by atoms with Crippen molar-refractivity contribution in [2.45, 2.75) is 6.61 Å². The van der Waals surface area contributed by atoms with Gasteiger partial charge in [0.2, 0.25) is 0 Å².